The lowest BCUT2D eigenvalue weighted by molar-refractivity contribution is 0.119. The van der Waals surface area contributed by atoms with Crippen molar-refractivity contribution < 1.29 is 17.6 Å². The number of aryl methyl sites for hydroxylation is 1. The third-order valence-corrected chi connectivity index (χ3v) is 6.05. The fourth-order valence-electron chi connectivity index (χ4n) is 2.85. The molecule has 0 unspecified atom stereocenters. The number of likely N-dealkylation sites (tertiary alicyclic amines) is 1. The summed E-state index contributed by atoms with van der Waals surface area (Å²) in [7, 11) is -3.07. The number of rotatable bonds is 5. The van der Waals surface area contributed by atoms with Crippen LogP contribution >= 0.6 is 0 Å². The average molecular weight is 342 g/mol. The smallest absolute Gasteiger partial charge is 0.318 e. The predicted octanol–water partition coefficient (Wildman–Crippen LogP) is 2.51. The van der Waals surface area contributed by atoms with Crippen LogP contribution in [0.3, 0.4) is 0 Å². The Kier molecular flexibility index (Phi) is 5.73. The molecule has 0 saturated carbocycles. The summed E-state index contributed by atoms with van der Waals surface area (Å²) in [5.74, 6) is 2.22. The van der Waals surface area contributed by atoms with E-state index in [2.05, 4.69) is 12.2 Å². The number of sulfone groups is 1. The van der Waals surface area contributed by atoms with Gasteiger partial charge < -0.3 is 14.6 Å². The average Bonchev–Trinajstić information content (AvgIpc) is 2.93. The Morgan fingerprint density at radius 1 is 1.43 bits per heavy atom. The maximum atomic E-state index is 12.4. The Labute approximate surface area is 138 Å². The minimum absolute atomic E-state index is 0.0238. The minimum Gasteiger partial charge on any atom is -0.464 e. The van der Waals surface area contributed by atoms with E-state index in [-0.39, 0.29) is 30.1 Å². The molecule has 6 nitrogen and oxygen atoms in total. The number of urea groups is 1. The van der Waals surface area contributed by atoms with Crippen LogP contribution in [0.2, 0.25) is 0 Å². The lowest BCUT2D eigenvalue weighted by atomic mass is 9.91. The summed E-state index contributed by atoms with van der Waals surface area (Å²) in [6, 6.07) is 3.51. The van der Waals surface area contributed by atoms with Gasteiger partial charge in [0.2, 0.25) is 0 Å². The van der Waals surface area contributed by atoms with Gasteiger partial charge in [0.25, 0.3) is 0 Å². The molecule has 2 rings (SSSR count). The van der Waals surface area contributed by atoms with E-state index in [9.17, 15) is 13.2 Å². The summed E-state index contributed by atoms with van der Waals surface area (Å²) in [4.78, 5) is 14.2. The Bertz CT molecular complexity index is 638. The molecule has 23 heavy (non-hydrogen) atoms. The van der Waals surface area contributed by atoms with Gasteiger partial charge in [-0.2, -0.15) is 0 Å². The second-order valence-electron chi connectivity index (χ2n) is 6.26. The number of carbonyl (C=O) groups excluding carboxylic acids is 1. The number of hydrogen-bond acceptors (Lipinski definition) is 4. The molecule has 130 valence electrons. The number of furan rings is 1. The number of carbonyl (C=O) groups is 1. The topological polar surface area (TPSA) is 79.6 Å². The van der Waals surface area contributed by atoms with E-state index in [1.165, 1.54) is 0 Å². The van der Waals surface area contributed by atoms with Crippen LogP contribution in [0, 0.1) is 12.8 Å². The van der Waals surface area contributed by atoms with E-state index in [0.717, 1.165) is 24.4 Å². The van der Waals surface area contributed by atoms with E-state index >= 15 is 0 Å². The highest BCUT2D eigenvalue weighted by molar-refractivity contribution is 7.91. The number of nitrogens with zero attached hydrogens (tertiary/aromatic N) is 1. The van der Waals surface area contributed by atoms with E-state index < -0.39 is 9.84 Å². The van der Waals surface area contributed by atoms with Gasteiger partial charge >= 0.3 is 6.03 Å². The molecule has 2 heterocycles. The molecule has 1 saturated heterocycles. The fraction of sp³-hybridized carbons (Fsp3) is 0.688. The summed E-state index contributed by atoms with van der Waals surface area (Å²) < 4.78 is 28.7. The van der Waals surface area contributed by atoms with Gasteiger partial charge in [-0.1, -0.05) is 13.8 Å². The zero-order chi connectivity index (χ0) is 17.0. The number of hydrogen-bond donors (Lipinski definition) is 1. The molecule has 7 heteroatoms. The highest BCUT2D eigenvalue weighted by Crippen LogP contribution is 2.34. The largest absolute Gasteiger partial charge is 0.464 e. The SMILES string of the molecule is CCS(=O)(=O)CCNC(=O)N1CC[C@@H](C)C[C@@H]1c1ccc(C)o1. The number of amides is 2. The van der Waals surface area contributed by atoms with Crippen LogP contribution in [0.25, 0.3) is 0 Å². The summed E-state index contributed by atoms with van der Waals surface area (Å²) in [5.41, 5.74) is 0. The normalized spacial score (nSPS) is 22.1. The fourth-order valence-corrected chi connectivity index (χ4v) is 3.55. The minimum atomic E-state index is -3.07. The zero-order valence-corrected chi connectivity index (χ0v) is 14.9. The van der Waals surface area contributed by atoms with E-state index in [4.69, 9.17) is 4.42 Å². The quantitative estimate of drug-likeness (QED) is 0.891. The van der Waals surface area contributed by atoms with Gasteiger partial charge in [-0.3, -0.25) is 0 Å². The molecule has 0 aliphatic carbocycles. The molecule has 0 bridgehead atoms. The Hall–Kier alpha value is -1.50. The first-order chi connectivity index (χ1) is 10.8. The molecule has 1 N–H and O–H groups in total. The first kappa shape index (κ1) is 17.8. The maximum Gasteiger partial charge on any atom is 0.318 e. The van der Waals surface area contributed by atoms with Gasteiger partial charge in [0.15, 0.2) is 9.84 Å². The number of piperidine rings is 1. The van der Waals surface area contributed by atoms with Crippen LogP contribution < -0.4 is 5.32 Å². The van der Waals surface area contributed by atoms with Gasteiger partial charge in [-0.05, 0) is 37.8 Å². The van der Waals surface area contributed by atoms with Crippen molar-refractivity contribution >= 4 is 15.9 Å². The second-order valence-corrected chi connectivity index (χ2v) is 8.73. The van der Waals surface area contributed by atoms with Gasteiger partial charge in [0.1, 0.15) is 11.5 Å². The number of nitrogens with one attached hydrogen (secondary N) is 1. The van der Waals surface area contributed by atoms with E-state index in [1.807, 2.05) is 19.1 Å². The summed E-state index contributed by atoms with van der Waals surface area (Å²) in [6.07, 6.45) is 1.80. The molecule has 1 aliphatic heterocycles. The molecule has 0 aromatic carbocycles. The van der Waals surface area contributed by atoms with E-state index in [0.29, 0.717) is 12.5 Å². The van der Waals surface area contributed by atoms with Crippen molar-refractivity contribution in [2.75, 3.05) is 24.6 Å². The molecule has 1 aliphatic rings. The van der Waals surface area contributed by atoms with E-state index in [1.54, 1.807) is 11.8 Å². The second kappa shape index (κ2) is 7.38. The predicted molar refractivity (Wildman–Crippen MR) is 89.0 cm³/mol. The van der Waals surface area contributed by atoms with Crippen LogP contribution in [0.15, 0.2) is 16.5 Å². The van der Waals surface area contributed by atoms with Crippen LogP contribution in [-0.2, 0) is 9.84 Å². The first-order valence-electron chi connectivity index (χ1n) is 8.13. The zero-order valence-electron chi connectivity index (χ0n) is 14.0. The summed E-state index contributed by atoms with van der Waals surface area (Å²) in [6.45, 7) is 6.46. The molecule has 1 aromatic heterocycles. The van der Waals surface area contributed by atoms with Crippen molar-refractivity contribution in [2.24, 2.45) is 5.92 Å². The highest BCUT2D eigenvalue weighted by Gasteiger charge is 2.32. The molecule has 1 fully saturated rings. The molecule has 2 amide bonds. The van der Waals surface area contributed by atoms with Gasteiger partial charge in [0, 0.05) is 18.8 Å². The Morgan fingerprint density at radius 2 is 2.17 bits per heavy atom. The lowest BCUT2D eigenvalue weighted by Gasteiger charge is -2.37. The summed E-state index contributed by atoms with van der Waals surface area (Å²) in [5, 5.41) is 2.73. The van der Waals surface area contributed by atoms with Crippen LogP contribution in [0.4, 0.5) is 4.79 Å². The standard InChI is InChI=1S/C16H26N2O4S/c1-4-23(20,21)10-8-17-16(19)18-9-7-12(2)11-14(18)15-6-5-13(3)22-15/h5-6,12,14H,4,7-11H2,1-3H3,(H,17,19)/t12-,14-/m1/s1. The van der Waals surface area contributed by atoms with Crippen LogP contribution in [-0.4, -0.2) is 43.9 Å². The third kappa shape index (κ3) is 4.73. The van der Waals surface area contributed by atoms with Crippen molar-refractivity contribution in [1.82, 2.24) is 10.2 Å². The van der Waals surface area contributed by atoms with Crippen LogP contribution in [0.1, 0.15) is 44.3 Å². The molecule has 0 spiro atoms. The molecule has 1 aromatic rings. The Morgan fingerprint density at radius 3 is 2.78 bits per heavy atom. The van der Waals surface area contributed by atoms with Gasteiger partial charge in [-0.15, -0.1) is 0 Å². The lowest BCUT2D eigenvalue weighted by Crippen LogP contribution is -2.47. The molecule has 0 radical (unpaired) electrons. The summed E-state index contributed by atoms with van der Waals surface area (Å²) >= 11 is 0. The molecule has 2 atom stereocenters. The molecular formula is C16H26N2O4S. The van der Waals surface area contributed by atoms with Crippen molar-refractivity contribution in [3.05, 3.63) is 23.7 Å². The van der Waals surface area contributed by atoms with Crippen molar-refractivity contribution in [3.63, 3.8) is 0 Å². The third-order valence-electron chi connectivity index (χ3n) is 4.34. The van der Waals surface area contributed by atoms with Crippen molar-refractivity contribution in [3.8, 4) is 0 Å². The maximum absolute atomic E-state index is 12.4. The Balaban J connectivity index is 2.01. The first-order valence-corrected chi connectivity index (χ1v) is 9.95. The van der Waals surface area contributed by atoms with Gasteiger partial charge in [-0.25, -0.2) is 13.2 Å². The van der Waals surface area contributed by atoms with Crippen molar-refractivity contribution in [2.45, 2.75) is 39.7 Å². The monoisotopic (exact) mass is 342 g/mol. The highest BCUT2D eigenvalue weighted by atomic mass is 32.2. The van der Waals surface area contributed by atoms with Gasteiger partial charge in [0.05, 0.1) is 11.8 Å². The molecular weight excluding hydrogens is 316 g/mol. The van der Waals surface area contributed by atoms with Crippen molar-refractivity contribution in [1.29, 1.82) is 0 Å². The van der Waals surface area contributed by atoms with Crippen LogP contribution in [0.5, 0.6) is 0 Å².